The van der Waals surface area contributed by atoms with Crippen LogP contribution in [0.5, 0.6) is 0 Å². The molecule has 0 unspecified atom stereocenters. The average Bonchev–Trinajstić information content (AvgIpc) is 2.27. The molecule has 1 aliphatic rings. The van der Waals surface area contributed by atoms with Gasteiger partial charge in [0.25, 0.3) is 0 Å². The fourth-order valence-electron chi connectivity index (χ4n) is 0.929. The van der Waals surface area contributed by atoms with Crippen LogP contribution in [0, 0.1) is 0 Å². The highest BCUT2D eigenvalue weighted by Crippen LogP contribution is 2.34. The molecule has 0 N–H and O–H groups in total. The first-order valence-corrected chi connectivity index (χ1v) is 4.89. The molecule has 0 atom stereocenters. The van der Waals surface area contributed by atoms with Gasteiger partial charge in [-0.25, -0.2) is 0 Å². The highest BCUT2D eigenvalue weighted by Gasteiger charge is 2.23. The number of hydrogen-bond donors (Lipinski definition) is 0. The number of benzene rings is 1. The Labute approximate surface area is 73.9 Å². The molecule has 1 aromatic rings. The molecule has 0 saturated heterocycles. The van der Waals surface area contributed by atoms with Crippen molar-refractivity contribution in [2.75, 3.05) is 0 Å². The van der Waals surface area contributed by atoms with Crippen molar-refractivity contribution in [3.05, 3.63) is 23.2 Å². The van der Waals surface area contributed by atoms with E-state index in [1.54, 1.807) is 0 Å². The first-order chi connectivity index (χ1) is 5.59. The SMILES string of the molecule is O=S1(=O)N=Nc2cc(Cl)ccc21. The highest BCUT2D eigenvalue weighted by atomic mass is 35.5. The van der Waals surface area contributed by atoms with Crippen LogP contribution in [0.25, 0.3) is 0 Å². The Morgan fingerprint density at radius 2 is 2.08 bits per heavy atom. The molecule has 1 aliphatic heterocycles. The molecule has 0 radical (unpaired) electrons. The van der Waals surface area contributed by atoms with Crippen molar-refractivity contribution in [2.24, 2.45) is 9.63 Å². The van der Waals surface area contributed by atoms with Crippen LogP contribution in [-0.4, -0.2) is 8.42 Å². The molecule has 4 nitrogen and oxygen atoms in total. The van der Waals surface area contributed by atoms with Crippen molar-refractivity contribution in [3.8, 4) is 0 Å². The number of hydrogen-bond acceptors (Lipinski definition) is 3. The normalized spacial score (nSPS) is 17.8. The van der Waals surface area contributed by atoms with Crippen LogP contribution in [0.4, 0.5) is 5.69 Å². The van der Waals surface area contributed by atoms with E-state index in [9.17, 15) is 8.42 Å². The van der Waals surface area contributed by atoms with Gasteiger partial charge >= 0.3 is 10.0 Å². The molecule has 1 heterocycles. The van der Waals surface area contributed by atoms with E-state index in [-0.39, 0.29) is 4.90 Å². The average molecular weight is 203 g/mol. The van der Waals surface area contributed by atoms with Crippen LogP contribution in [0.3, 0.4) is 0 Å². The minimum Gasteiger partial charge on any atom is -0.198 e. The lowest BCUT2D eigenvalue weighted by Crippen LogP contribution is -1.90. The van der Waals surface area contributed by atoms with E-state index < -0.39 is 10.0 Å². The van der Waals surface area contributed by atoms with Crippen LogP contribution in [0.1, 0.15) is 0 Å². The lowest BCUT2D eigenvalue weighted by molar-refractivity contribution is 0.599. The molecule has 6 heteroatoms. The van der Waals surface area contributed by atoms with E-state index in [0.29, 0.717) is 10.7 Å². The quantitative estimate of drug-likeness (QED) is 0.647. The van der Waals surface area contributed by atoms with Gasteiger partial charge in [-0.15, -0.1) is 5.11 Å². The van der Waals surface area contributed by atoms with Crippen LogP contribution in [0.15, 0.2) is 32.7 Å². The summed E-state index contributed by atoms with van der Waals surface area (Å²) in [4.78, 5) is 0.118. The summed E-state index contributed by atoms with van der Waals surface area (Å²) in [5.74, 6) is 0. The Morgan fingerprint density at radius 1 is 1.33 bits per heavy atom. The molecule has 0 aliphatic carbocycles. The van der Waals surface area contributed by atoms with Crippen molar-refractivity contribution in [2.45, 2.75) is 4.90 Å². The summed E-state index contributed by atoms with van der Waals surface area (Å²) in [5.41, 5.74) is 0.308. The van der Waals surface area contributed by atoms with Gasteiger partial charge in [-0.05, 0) is 18.2 Å². The van der Waals surface area contributed by atoms with Crippen LogP contribution in [0.2, 0.25) is 5.02 Å². The maximum atomic E-state index is 11.1. The van der Waals surface area contributed by atoms with Crippen molar-refractivity contribution >= 4 is 27.3 Å². The van der Waals surface area contributed by atoms with Gasteiger partial charge in [-0.1, -0.05) is 16.1 Å². The fourth-order valence-corrected chi connectivity index (χ4v) is 1.98. The van der Waals surface area contributed by atoms with Crippen LogP contribution in [-0.2, 0) is 10.0 Å². The van der Waals surface area contributed by atoms with Crippen LogP contribution < -0.4 is 0 Å². The van der Waals surface area contributed by atoms with E-state index >= 15 is 0 Å². The fraction of sp³-hybridized carbons (Fsp3) is 0. The molecule has 0 aromatic heterocycles. The molecule has 62 valence electrons. The third-order valence-electron chi connectivity index (χ3n) is 1.45. The van der Waals surface area contributed by atoms with Crippen molar-refractivity contribution in [1.29, 1.82) is 0 Å². The molecule has 0 fully saturated rings. The lowest BCUT2D eigenvalue weighted by Gasteiger charge is -1.93. The second kappa shape index (κ2) is 2.27. The van der Waals surface area contributed by atoms with E-state index in [1.807, 2.05) is 0 Å². The van der Waals surface area contributed by atoms with Crippen molar-refractivity contribution in [1.82, 2.24) is 0 Å². The van der Waals surface area contributed by atoms with E-state index in [0.717, 1.165) is 0 Å². The van der Waals surface area contributed by atoms with Gasteiger partial charge in [0.15, 0.2) is 0 Å². The molecule has 2 rings (SSSR count). The molecular weight excluding hydrogens is 200 g/mol. The number of nitrogens with zero attached hydrogens (tertiary/aromatic N) is 2. The predicted molar refractivity (Wildman–Crippen MR) is 43.2 cm³/mol. The number of halogens is 1. The molecule has 1 aromatic carbocycles. The highest BCUT2D eigenvalue weighted by molar-refractivity contribution is 7.90. The lowest BCUT2D eigenvalue weighted by atomic mass is 10.3. The maximum absolute atomic E-state index is 11.1. The first-order valence-electron chi connectivity index (χ1n) is 3.07. The van der Waals surface area contributed by atoms with Crippen molar-refractivity contribution < 1.29 is 8.42 Å². The minimum absolute atomic E-state index is 0.118. The molecule has 0 spiro atoms. The number of rotatable bonds is 0. The monoisotopic (exact) mass is 202 g/mol. The summed E-state index contributed by atoms with van der Waals surface area (Å²) in [7, 11) is -3.52. The Balaban J connectivity index is 2.78. The zero-order valence-electron chi connectivity index (χ0n) is 5.73. The van der Waals surface area contributed by atoms with E-state index in [4.69, 9.17) is 11.6 Å². The largest absolute Gasteiger partial charge is 0.301 e. The molecular formula is C6H3ClN2O2S. The third kappa shape index (κ3) is 1.02. The zero-order valence-corrected chi connectivity index (χ0v) is 7.30. The summed E-state index contributed by atoms with van der Waals surface area (Å²) >= 11 is 5.62. The first kappa shape index (κ1) is 7.70. The van der Waals surface area contributed by atoms with Gasteiger partial charge in [-0.2, -0.15) is 8.42 Å². The smallest absolute Gasteiger partial charge is 0.198 e. The van der Waals surface area contributed by atoms with Crippen molar-refractivity contribution in [3.63, 3.8) is 0 Å². The van der Waals surface area contributed by atoms with Gasteiger partial charge in [0.1, 0.15) is 10.6 Å². The maximum Gasteiger partial charge on any atom is 0.301 e. The Hall–Kier alpha value is -0.940. The zero-order chi connectivity index (χ0) is 8.77. The second-order valence-corrected chi connectivity index (χ2v) is 4.26. The van der Waals surface area contributed by atoms with Gasteiger partial charge in [0, 0.05) is 5.02 Å². The molecule has 0 bridgehead atoms. The topological polar surface area (TPSA) is 58.9 Å². The summed E-state index contributed by atoms with van der Waals surface area (Å²) in [6, 6.07) is 4.35. The van der Waals surface area contributed by atoms with E-state index in [2.05, 4.69) is 9.63 Å². The summed E-state index contributed by atoms with van der Waals surface area (Å²) < 4.78 is 25.2. The van der Waals surface area contributed by atoms with E-state index in [1.165, 1.54) is 18.2 Å². The second-order valence-electron chi connectivity index (χ2n) is 2.27. The van der Waals surface area contributed by atoms with Gasteiger partial charge in [0.05, 0.1) is 0 Å². The minimum atomic E-state index is -3.52. The molecule has 0 amide bonds. The number of fused-ring (bicyclic) bond motifs is 1. The van der Waals surface area contributed by atoms with Gasteiger partial charge < -0.3 is 0 Å². The number of sulfonamides is 1. The molecule has 12 heavy (non-hydrogen) atoms. The third-order valence-corrected chi connectivity index (χ3v) is 2.89. The standard InChI is InChI=1S/C6H3ClN2O2S/c7-4-1-2-6-5(3-4)8-9-12(6,10)11/h1-3H. The summed E-state index contributed by atoms with van der Waals surface area (Å²) in [6.45, 7) is 0. The van der Waals surface area contributed by atoms with Gasteiger partial charge in [-0.3, -0.25) is 0 Å². The van der Waals surface area contributed by atoms with Crippen LogP contribution >= 0.6 is 11.6 Å². The summed E-state index contributed by atoms with van der Waals surface area (Å²) in [6.07, 6.45) is 0. The van der Waals surface area contributed by atoms with Gasteiger partial charge in [0.2, 0.25) is 0 Å². The summed E-state index contributed by atoms with van der Waals surface area (Å²) in [5, 5.41) is 3.91. The Kier molecular flexibility index (Phi) is 1.46. The Morgan fingerprint density at radius 3 is 2.83 bits per heavy atom. The molecule has 0 saturated carbocycles. The predicted octanol–water partition coefficient (Wildman–Crippen LogP) is 2.13. The Bertz CT molecular complexity index is 466.